The van der Waals surface area contributed by atoms with Crippen molar-refractivity contribution in [3.63, 3.8) is 0 Å². The molecule has 0 heterocycles. The Morgan fingerprint density at radius 1 is 0.915 bits per heavy atom. The normalized spacial score (nSPS) is 33.3. The average Bonchev–Trinajstić information content (AvgIpc) is 3.45. The van der Waals surface area contributed by atoms with Gasteiger partial charge in [-0.15, -0.1) is 0 Å². The van der Waals surface area contributed by atoms with Crippen LogP contribution < -0.4 is 0 Å². The van der Waals surface area contributed by atoms with Crippen molar-refractivity contribution in [2.45, 2.75) is 145 Å². The molecule has 0 amide bonds. The SMILES string of the molecule is CC(=O)O[C@@H](CN(CCN(C)C)Cc1ccc(F)cc1)[C@@]12CC[C@]3(C)[C@H](CC[C@H]4[C@H]3CC[C@H]3C(C)(C)[C@@H](OC(=O)CC(C)(C)C(=O)O)CC[C@]43C)C1=C(C(C)C)C(=O)C2. The van der Waals surface area contributed by atoms with Gasteiger partial charge in [0.1, 0.15) is 18.0 Å². The predicted molar refractivity (Wildman–Crippen MR) is 227 cm³/mol. The first-order chi connectivity index (χ1) is 27.5. The number of hydrogen-bond acceptors (Lipinski definition) is 8. The van der Waals surface area contributed by atoms with Crippen molar-refractivity contribution < 1.29 is 38.1 Å². The lowest BCUT2D eigenvalue weighted by Crippen LogP contribution is -2.62. The molecule has 0 unspecified atom stereocenters. The Morgan fingerprint density at radius 3 is 2.17 bits per heavy atom. The zero-order valence-corrected chi connectivity index (χ0v) is 37.9. The van der Waals surface area contributed by atoms with Crippen LogP contribution in [0, 0.1) is 62.5 Å². The van der Waals surface area contributed by atoms with Crippen LogP contribution in [-0.4, -0.2) is 84.5 Å². The Balaban J connectivity index is 1.31. The minimum atomic E-state index is -1.18. The minimum absolute atomic E-state index is 0.0319. The van der Waals surface area contributed by atoms with Crippen molar-refractivity contribution in [2.75, 3.05) is 33.7 Å². The number of carbonyl (C=O) groups excluding carboxylic acids is 3. The molecule has 9 nitrogen and oxygen atoms in total. The van der Waals surface area contributed by atoms with Crippen molar-refractivity contribution in [2.24, 2.45) is 56.7 Å². The van der Waals surface area contributed by atoms with E-state index >= 15 is 0 Å². The van der Waals surface area contributed by atoms with Gasteiger partial charge in [-0.1, -0.05) is 53.7 Å². The number of carboxylic acids is 1. The van der Waals surface area contributed by atoms with Crippen molar-refractivity contribution in [1.82, 2.24) is 9.80 Å². The molecular formula is C49H73FN2O7. The summed E-state index contributed by atoms with van der Waals surface area (Å²) in [4.78, 5) is 57.0. The van der Waals surface area contributed by atoms with Crippen LogP contribution in [0.4, 0.5) is 4.39 Å². The molecule has 328 valence electrons. The molecule has 1 aromatic carbocycles. The molecule has 6 rings (SSSR count). The molecule has 4 fully saturated rings. The highest BCUT2D eigenvalue weighted by molar-refractivity contribution is 6.01. The number of esters is 2. The third-order valence-electron chi connectivity index (χ3n) is 16.6. The summed E-state index contributed by atoms with van der Waals surface area (Å²) in [6.07, 6.45) is 7.04. The molecule has 0 radical (unpaired) electrons. The fraction of sp³-hybridized carbons (Fsp3) is 0.755. The molecule has 0 bridgehead atoms. The molecule has 1 aromatic rings. The lowest BCUT2D eigenvalue weighted by molar-refractivity contribution is -0.206. The van der Waals surface area contributed by atoms with Crippen LogP contribution in [0.15, 0.2) is 35.4 Å². The molecule has 0 saturated heterocycles. The highest BCUT2D eigenvalue weighted by Crippen LogP contribution is 2.73. The van der Waals surface area contributed by atoms with Crippen LogP contribution in [0.5, 0.6) is 0 Å². The zero-order valence-electron chi connectivity index (χ0n) is 37.9. The van der Waals surface area contributed by atoms with Crippen LogP contribution in [0.2, 0.25) is 0 Å². The molecule has 0 aliphatic heterocycles. The van der Waals surface area contributed by atoms with Gasteiger partial charge < -0.3 is 19.5 Å². The van der Waals surface area contributed by atoms with E-state index in [0.29, 0.717) is 37.3 Å². The Kier molecular flexibility index (Phi) is 12.8. The maximum absolute atomic E-state index is 14.5. The second-order valence-electron chi connectivity index (χ2n) is 21.7. The van der Waals surface area contributed by atoms with Gasteiger partial charge in [0.25, 0.3) is 0 Å². The summed E-state index contributed by atoms with van der Waals surface area (Å²) in [5.41, 5.74) is 1.20. The lowest BCUT2D eigenvalue weighted by atomic mass is 9.37. The van der Waals surface area contributed by atoms with E-state index in [2.05, 4.69) is 51.3 Å². The highest BCUT2D eigenvalue weighted by Gasteiger charge is 2.67. The van der Waals surface area contributed by atoms with E-state index in [1.54, 1.807) is 13.8 Å². The van der Waals surface area contributed by atoms with Gasteiger partial charge in [-0.3, -0.25) is 24.1 Å². The van der Waals surface area contributed by atoms with E-state index < -0.39 is 28.9 Å². The fourth-order valence-corrected chi connectivity index (χ4v) is 13.6. The van der Waals surface area contributed by atoms with Crippen molar-refractivity contribution >= 4 is 23.7 Å². The maximum Gasteiger partial charge on any atom is 0.309 e. The van der Waals surface area contributed by atoms with Crippen LogP contribution in [0.25, 0.3) is 0 Å². The van der Waals surface area contributed by atoms with Gasteiger partial charge in [0.05, 0.1) is 11.8 Å². The van der Waals surface area contributed by atoms with Crippen LogP contribution in [-0.2, 0) is 35.2 Å². The van der Waals surface area contributed by atoms with Crippen LogP contribution >= 0.6 is 0 Å². The second-order valence-corrected chi connectivity index (χ2v) is 21.7. The number of ketones is 1. The first kappa shape index (κ1) is 45.4. The lowest BCUT2D eigenvalue weighted by Gasteiger charge is -2.68. The van der Waals surface area contributed by atoms with E-state index in [0.717, 1.165) is 75.6 Å². The Bertz CT molecular complexity index is 1800. The Labute approximate surface area is 353 Å². The van der Waals surface area contributed by atoms with Gasteiger partial charge in [-0.2, -0.15) is 0 Å². The molecule has 0 aromatic heterocycles. The quantitative estimate of drug-likeness (QED) is 0.184. The van der Waals surface area contributed by atoms with Gasteiger partial charge in [-0.25, -0.2) is 4.39 Å². The standard InChI is InChI=1S/C49H73FN2O7/c1-30(2)42-37(54)26-49(40(58-31(3)53)29-52(25-24-51(10)11)28-32-12-14-33(50)15-13-32)23-22-47(8)34-18-19-38-46(6,7)39(59-41(55)27-45(4,5)44(56)57)20-21-48(38,9)35(34)16-17-36(47)43(42)49/h12-15,30,34-36,38-40H,16-29H2,1-11H3,(H,56,57)/t34-,35+,36-,38+,39+,40+,47+,48-,49+/m1/s1. The molecule has 9 atom stereocenters. The number of hydrogen-bond donors (Lipinski definition) is 1. The Morgan fingerprint density at radius 2 is 1.56 bits per heavy atom. The molecule has 59 heavy (non-hydrogen) atoms. The smallest absolute Gasteiger partial charge is 0.309 e. The van der Waals surface area contributed by atoms with Gasteiger partial charge in [0.15, 0.2) is 5.78 Å². The van der Waals surface area contributed by atoms with Crippen molar-refractivity contribution in [1.29, 1.82) is 0 Å². The van der Waals surface area contributed by atoms with E-state index in [9.17, 15) is 28.7 Å². The number of fused-ring (bicyclic) bond motifs is 7. The van der Waals surface area contributed by atoms with E-state index in [-0.39, 0.29) is 58.2 Å². The minimum Gasteiger partial charge on any atom is -0.481 e. The third-order valence-corrected chi connectivity index (χ3v) is 16.6. The first-order valence-electron chi connectivity index (χ1n) is 22.5. The number of benzene rings is 1. The fourth-order valence-electron chi connectivity index (χ4n) is 13.6. The number of ether oxygens (including phenoxy) is 2. The first-order valence-corrected chi connectivity index (χ1v) is 22.5. The summed E-state index contributed by atoms with van der Waals surface area (Å²) in [6.45, 7) is 21.0. The summed E-state index contributed by atoms with van der Waals surface area (Å²) >= 11 is 0. The molecule has 4 saturated carbocycles. The van der Waals surface area contributed by atoms with E-state index in [4.69, 9.17) is 9.47 Å². The number of halogens is 1. The number of likely N-dealkylation sites (N-methyl/N-ethyl adjacent to an activating group) is 1. The van der Waals surface area contributed by atoms with Crippen LogP contribution in [0.1, 0.15) is 132 Å². The van der Waals surface area contributed by atoms with E-state index in [1.165, 1.54) is 24.6 Å². The molecule has 5 aliphatic carbocycles. The molecule has 5 aliphatic rings. The average molecular weight is 821 g/mol. The Hall–Kier alpha value is -3.11. The summed E-state index contributed by atoms with van der Waals surface area (Å²) in [5.74, 6) is -0.293. The predicted octanol–water partition coefficient (Wildman–Crippen LogP) is 9.12. The highest BCUT2D eigenvalue weighted by atomic mass is 19.1. The van der Waals surface area contributed by atoms with Gasteiger partial charge in [0.2, 0.25) is 0 Å². The van der Waals surface area contributed by atoms with Gasteiger partial charge in [-0.05, 0) is 149 Å². The molecular weight excluding hydrogens is 748 g/mol. The third kappa shape index (κ3) is 8.44. The summed E-state index contributed by atoms with van der Waals surface area (Å²) < 4.78 is 26.6. The van der Waals surface area contributed by atoms with Crippen LogP contribution in [0.3, 0.4) is 0 Å². The number of carbonyl (C=O) groups is 4. The van der Waals surface area contributed by atoms with Gasteiger partial charge >= 0.3 is 17.9 Å². The zero-order chi connectivity index (χ0) is 43.5. The molecule has 0 spiro atoms. The second kappa shape index (κ2) is 16.6. The van der Waals surface area contributed by atoms with Crippen molar-refractivity contribution in [3.8, 4) is 0 Å². The summed E-state index contributed by atoms with van der Waals surface area (Å²) in [5, 5.41) is 9.65. The largest absolute Gasteiger partial charge is 0.481 e. The number of allylic oxidation sites excluding steroid dienone is 1. The van der Waals surface area contributed by atoms with E-state index in [1.807, 2.05) is 26.2 Å². The number of nitrogens with zero attached hydrogens (tertiary/aromatic N) is 2. The molecule has 10 heteroatoms. The molecule has 1 N–H and O–H groups in total. The number of aliphatic carboxylic acids is 1. The number of carboxylic acid groups (broad SMARTS) is 1. The number of Topliss-reactive ketones (excluding diaryl/α,β-unsaturated/α-hetero) is 1. The summed E-state index contributed by atoms with van der Waals surface area (Å²) in [6, 6.07) is 6.63. The summed E-state index contributed by atoms with van der Waals surface area (Å²) in [7, 11) is 4.09. The topological polar surface area (TPSA) is 113 Å². The van der Waals surface area contributed by atoms with Crippen molar-refractivity contribution in [3.05, 3.63) is 46.8 Å². The maximum atomic E-state index is 14.5. The number of rotatable bonds is 14. The monoisotopic (exact) mass is 821 g/mol. The van der Waals surface area contributed by atoms with Gasteiger partial charge in [0, 0.05) is 50.4 Å².